The first-order chi connectivity index (χ1) is 22.0. The highest BCUT2D eigenvalue weighted by Gasteiger charge is 2.54. The van der Waals surface area contributed by atoms with E-state index in [1.807, 2.05) is 0 Å². The predicted octanol–water partition coefficient (Wildman–Crippen LogP) is 9.60. The third-order valence-corrected chi connectivity index (χ3v) is 9.76. The number of nitrogens with zero attached hydrogens (tertiary/aromatic N) is 2. The number of quaternary nitrogens is 1. The van der Waals surface area contributed by atoms with E-state index in [9.17, 15) is 44.6 Å². The number of aliphatic hydroxyl groups is 1. The first kappa shape index (κ1) is 33.0. The van der Waals surface area contributed by atoms with E-state index in [1.54, 1.807) is 36.4 Å². The van der Waals surface area contributed by atoms with Crippen molar-refractivity contribution in [2.24, 2.45) is 11.8 Å². The number of halogens is 9. The van der Waals surface area contributed by atoms with Crippen molar-refractivity contribution in [3.8, 4) is 11.3 Å². The van der Waals surface area contributed by atoms with Crippen LogP contribution >= 0.6 is 0 Å². The SMILES string of the molecule is C=CC1C[N+]2(Cc3cc(C(F)(F)F)cc(C(F)(F)F)c3)CCC1CC2[C@@H](O)c1cc(-c2ccc(C(F)(F)F)cc2)nc2ccccc12. The van der Waals surface area contributed by atoms with E-state index in [-0.39, 0.29) is 34.5 Å². The molecule has 3 nitrogen and oxygen atoms in total. The summed E-state index contributed by atoms with van der Waals surface area (Å²) in [6, 6.07) is 14.0. The number of piperidine rings is 3. The zero-order valence-electron chi connectivity index (χ0n) is 24.8. The van der Waals surface area contributed by atoms with Gasteiger partial charge in [-0.15, -0.1) is 6.58 Å². The Morgan fingerprint density at radius 2 is 1.45 bits per heavy atom. The number of hydrogen-bond acceptors (Lipinski definition) is 2. The van der Waals surface area contributed by atoms with Crippen molar-refractivity contribution in [1.29, 1.82) is 0 Å². The molecular weight excluding hydrogens is 635 g/mol. The Bertz CT molecular complexity index is 1760. The second-order valence-electron chi connectivity index (χ2n) is 12.6. The maximum Gasteiger partial charge on any atom is 0.416 e. The van der Waals surface area contributed by atoms with Crippen molar-refractivity contribution >= 4 is 10.9 Å². The molecule has 7 rings (SSSR count). The monoisotopic (exact) mass is 665 g/mol. The van der Waals surface area contributed by atoms with Crippen molar-refractivity contribution in [3.63, 3.8) is 0 Å². The van der Waals surface area contributed by atoms with Crippen molar-refractivity contribution in [1.82, 2.24) is 4.98 Å². The number of aromatic nitrogens is 1. The smallest absolute Gasteiger partial charge is 0.382 e. The van der Waals surface area contributed by atoms with E-state index in [0.29, 0.717) is 53.7 Å². The molecule has 4 aromatic rings. The zero-order valence-corrected chi connectivity index (χ0v) is 24.8. The summed E-state index contributed by atoms with van der Waals surface area (Å²) in [5.74, 6) is 0.0406. The standard InChI is InChI=1S/C35H30F9N2O/c1-2-21-19-46(18-20-13-25(34(39,40)41)16-26(14-20)35(42,43)44)12-11-23(21)15-31(46)32(47)28-17-30(45-29-6-4-3-5-27(28)29)22-7-9-24(10-8-22)33(36,37)38/h2-10,13-14,16-17,21,23,31-32,47H,1,11-12,15,18-19H2/q+1/t21?,23?,31?,32-,46?/m0/s1. The summed E-state index contributed by atoms with van der Waals surface area (Å²) >= 11 is 0. The molecule has 4 unspecified atom stereocenters. The maximum absolute atomic E-state index is 13.8. The molecule has 3 aromatic carbocycles. The number of rotatable bonds is 6. The Kier molecular flexibility index (Phi) is 8.19. The highest BCUT2D eigenvalue weighted by atomic mass is 19.4. The van der Waals surface area contributed by atoms with E-state index in [0.717, 1.165) is 24.3 Å². The normalized spacial score (nSPS) is 24.0. The van der Waals surface area contributed by atoms with Gasteiger partial charge in [-0.2, -0.15) is 39.5 Å². The van der Waals surface area contributed by atoms with Gasteiger partial charge in [0, 0.05) is 35.3 Å². The fourth-order valence-corrected chi connectivity index (χ4v) is 7.49. The highest BCUT2D eigenvalue weighted by Crippen LogP contribution is 2.49. The quantitative estimate of drug-likeness (QED) is 0.126. The predicted molar refractivity (Wildman–Crippen MR) is 157 cm³/mol. The molecule has 3 saturated heterocycles. The molecule has 3 aliphatic heterocycles. The zero-order chi connectivity index (χ0) is 33.9. The van der Waals surface area contributed by atoms with Crippen molar-refractivity contribution in [3.05, 3.63) is 113 Å². The van der Waals surface area contributed by atoms with Crippen LogP contribution < -0.4 is 0 Å². The van der Waals surface area contributed by atoms with Gasteiger partial charge in [-0.1, -0.05) is 36.4 Å². The van der Waals surface area contributed by atoms with Gasteiger partial charge in [0.15, 0.2) is 0 Å². The van der Waals surface area contributed by atoms with Gasteiger partial charge in [0.1, 0.15) is 18.7 Å². The van der Waals surface area contributed by atoms with E-state index < -0.39 is 47.4 Å². The molecule has 2 bridgehead atoms. The largest absolute Gasteiger partial charge is 0.416 e. The summed E-state index contributed by atoms with van der Waals surface area (Å²) in [6.45, 7) is 4.52. The number of para-hydroxylation sites is 1. The molecule has 3 aliphatic rings. The number of alkyl halides is 9. The summed E-state index contributed by atoms with van der Waals surface area (Å²) in [6.07, 6.45) is -12.9. The molecule has 1 N–H and O–H groups in total. The molecule has 5 atom stereocenters. The Morgan fingerprint density at radius 1 is 0.830 bits per heavy atom. The molecule has 12 heteroatoms. The summed E-state index contributed by atoms with van der Waals surface area (Å²) in [5.41, 5.74) is -2.18. The van der Waals surface area contributed by atoms with Crippen LogP contribution in [-0.2, 0) is 25.1 Å². The molecule has 0 spiro atoms. The van der Waals surface area contributed by atoms with Crippen LogP contribution in [0.5, 0.6) is 0 Å². The maximum atomic E-state index is 13.8. The van der Waals surface area contributed by atoms with Crippen LogP contribution in [0.3, 0.4) is 0 Å². The van der Waals surface area contributed by atoms with Gasteiger partial charge in [0.2, 0.25) is 0 Å². The fourth-order valence-electron chi connectivity index (χ4n) is 7.49. The average Bonchev–Trinajstić information content (AvgIpc) is 3.02. The molecule has 3 fully saturated rings. The average molecular weight is 666 g/mol. The Labute approximate surface area is 264 Å². The third kappa shape index (κ3) is 6.37. The van der Waals surface area contributed by atoms with Crippen LogP contribution in [0, 0.1) is 11.8 Å². The van der Waals surface area contributed by atoms with Gasteiger partial charge < -0.3 is 9.59 Å². The van der Waals surface area contributed by atoms with Crippen molar-refractivity contribution < 1.29 is 49.1 Å². The fraction of sp³-hybridized carbons (Fsp3) is 0.343. The first-order valence-electron chi connectivity index (χ1n) is 15.0. The lowest BCUT2D eigenvalue weighted by molar-refractivity contribution is -0.984. The van der Waals surface area contributed by atoms with Gasteiger partial charge in [-0.05, 0) is 53.9 Å². The summed E-state index contributed by atoms with van der Waals surface area (Å²) in [7, 11) is 0. The number of fused-ring (bicyclic) bond motifs is 4. The van der Waals surface area contributed by atoms with Gasteiger partial charge in [0.25, 0.3) is 0 Å². The topological polar surface area (TPSA) is 33.1 Å². The molecule has 0 amide bonds. The minimum atomic E-state index is -5.00. The Balaban J connectivity index is 1.45. The summed E-state index contributed by atoms with van der Waals surface area (Å²) < 4.78 is 122. The van der Waals surface area contributed by atoms with E-state index in [4.69, 9.17) is 0 Å². The second-order valence-corrected chi connectivity index (χ2v) is 12.6. The first-order valence-corrected chi connectivity index (χ1v) is 15.0. The molecule has 248 valence electrons. The van der Waals surface area contributed by atoms with Crippen LogP contribution in [0.15, 0.2) is 85.5 Å². The lowest BCUT2D eigenvalue weighted by atomic mass is 9.71. The van der Waals surface area contributed by atoms with Crippen LogP contribution in [0.2, 0.25) is 0 Å². The van der Waals surface area contributed by atoms with Crippen LogP contribution in [-0.4, -0.2) is 33.7 Å². The Hall–Kier alpha value is -3.90. The van der Waals surface area contributed by atoms with Crippen LogP contribution in [0.25, 0.3) is 22.2 Å². The lowest BCUT2D eigenvalue weighted by Gasteiger charge is -2.58. The lowest BCUT2D eigenvalue weighted by Crippen LogP contribution is -2.67. The number of aliphatic hydroxyl groups excluding tert-OH is 1. The van der Waals surface area contributed by atoms with Gasteiger partial charge >= 0.3 is 18.5 Å². The number of hydrogen-bond donors (Lipinski definition) is 1. The van der Waals surface area contributed by atoms with Gasteiger partial charge in [-0.25, -0.2) is 4.98 Å². The van der Waals surface area contributed by atoms with E-state index in [2.05, 4.69) is 11.6 Å². The summed E-state index contributed by atoms with van der Waals surface area (Å²) in [4.78, 5) is 4.63. The molecule has 0 radical (unpaired) electrons. The summed E-state index contributed by atoms with van der Waals surface area (Å²) in [5, 5.41) is 12.8. The van der Waals surface area contributed by atoms with Crippen molar-refractivity contribution in [2.45, 2.75) is 50.1 Å². The molecule has 0 aliphatic carbocycles. The van der Waals surface area contributed by atoms with Crippen LogP contribution in [0.1, 0.15) is 46.8 Å². The number of benzene rings is 3. The molecular formula is C35H30F9N2O+. The molecule has 1 aromatic heterocycles. The van der Waals surface area contributed by atoms with Crippen molar-refractivity contribution in [2.75, 3.05) is 13.1 Å². The van der Waals surface area contributed by atoms with Gasteiger partial charge in [-0.3, -0.25) is 0 Å². The van der Waals surface area contributed by atoms with E-state index >= 15 is 0 Å². The number of pyridine rings is 1. The molecule has 0 saturated carbocycles. The van der Waals surface area contributed by atoms with Crippen LogP contribution in [0.4, 0.5) is 39.5 Å². The molecule has 4 heterocycles. The highest BCUT2D eigenvalue weighted by molar-refractivity contribution is 5.85. The third-order valence-electron chi connectivity index (χ3n) is 9.76. The molecule has 47 heavy (non-hydrogen) atoms. The van der Waals surface area contributed by atoms with E-state index in [1.165, 1.54) is 12.1 Å². The minimum Gasteiger partial charge on any atom is -0.382 e. The minimum absolute atomic E-state index is 0.0409. The second kappa shape index (κ2) is 11.7. The Morgan fingerprint density at radius 3 is 2.04 bits per heavy atom. The van der Waals surface area contributed by atoms with Gasteiger partial charge in [0.05, 0.1) is 41.0 Å².